The molecule has 344 valence electrons. The lowest BCUT2D eigenvalue weighted by atomic mass is 10.1. The zero-order chi connectivity index (χ0) is 47.3. The standard InChI is InChI=1S/C58H55N7O4/c1-6-59-31-33-61(41-59)39-43-7-9-44(10-8-43)40-62-34-32-60(42-62)35-36-63-57-29-19-49(64(45-11-21-51(66-2)22-12-45)46-13-23-52(67-3)24-14-46)37-55(57)56-38-50(20-30-58(56)63)65(47-15-25-53(68-4)26-16-47)48-17-27-54(69-5)28-18-48/h6-34,37-38,41-42H,1,35-36,39-40H2,2-5H3/q+2. The number of hydrogen-bond acceptors (Lipinski definition) is 6. The molecule has 0 aliphatic carbocycles. The molecule has 0 atom stereocenters. The first-order chi connectivity index (χ1) is 33.9. The molecule has 11 heteroatoms. The third kappa shape index (κ3) is 9.35. The number of imidazole rings is 2. The van der Waals surface area contributed by atoms with Crippen LogP contribution >= 0.6 is 0 Å². The summed E-state index contributed by atoms with van der Waals surface area (Å²) in [5.74, 6) is 3.19. The molecule has 0 bridgehead atoms. The van der Waals surface area contributed by atoms with E-state index < -0.39 is 0 Å². The summed E-state index contributed by atoms with van der Waals surface area (Å²) in [7, 11) is 6.77. The highest BCUT2D eigenvalue weighted by atomic mass is 16.5. The van der Waals surface area contributed by atoms with Gasteiger partial charge in [-0.3, -0.25) is 0 Å². The zero-order valence-electron chi connectivity index (χ0n) is 39.4. The predicted octanol–water partition coefficient (Wildman–Crippen LogP) is 11.8. The van der Waals surface area contributed by atoms with E-state index in [2.05, 4.69) is 169 Å². The molecule has 0 aliphatic heterocycles. The predicted molar refractivity (Wildman–Crippen MR) is 275 cm³/mol. The average Bonchev–Trinajstić information content (AvgIpc) is 4.14. The van der Waals surface area contributed by atoms with Crippen molar-refractivity contribution in [1.82, 2.24) is 13.7 Å². The smallest absolute Gasteiger partial charge is 0.248 e. The van der Waals surface area contributed by atoms with Crippen molar-refractivity contribution in [2.24, 2.45) is 0 Å². The van der Waals surface area contributed by atoms with Crippen molar-refractivity contribution in [2.45, 2.75) is 26.2 Å². The highest BCUT2D eigenvalue weighted by Gasteiger charge is 2.21. The third-order valence-electron chi connectivity index (χ3n) is 12.7. The number of methoxy groups -OCH3 is 4. The van der Waals surface area contributed by atoms with Gasteiger partial charge in [-0.05, 0) is 145 Å². The Morgan fingerprint density at radius 3 is 1.22 bits per heavy atom. The summed E-state index contributed by atoms with van der Waals surface area (Å²) < 4.78 is 33.3. The van der Waals surface area contributed by atoms with Gasteiger partial charge < -0.3 is 33.3 Å². The monoisotopic (exact) mass is 913 g/mol. The third-order valence-corrected chi connectivity index (χ3v) is 12.7. The van der Waals surface area contributed by atoms with Crippen molar-refractivity contribution in [3.8, 4) is 23.0 Å². The molecule has 10 rings (SSSR count). The number of anilines is 6. The van der Waals surface area contributed by atoms with Crippen LogP contribution in [0, 0.1) is 0 Å². The van der Waals surface area contributed by atoms with Crippen molar-refractivity contribution in [3.05, 3.63) is 213 Å². The molecular formula is C58H55N7O4+2. The Hall–Kier alpha value is -8.70. The van der Waals surface area contributed by atoms with Crippen LogP contribution in [0.3, 0.4) is 0 Å². The Morgan fingerprint density at radius 2 is 0.841 bits per heavy atom. The Bertz CT molecular complexity index is 3090. The molecule has 0 aliphatic rings. The number of aromatic nitrogens is 5. The fraction of sp³-hybridized carbons (Fsp3) is 0.138. The second kappa shape index (κ2) is 19.6. The van der Waals surface area contributed by atoms with E-state index in [1.165, 1.54) is 11.1 Å². The van der Waals surface area contributed by atoms with E-state index in [-0.39, 0.29) is 0 Å². The maximum absolute atomic E-state index is 5.56. The van der Waals surface area contributed by atoms with Gasteiger partial charge in [0.25, 0.3) is 0 Å². The number of ether oxygens (including phenoxy) is 4. The van der Waals surface area contributed by atoms with E-state index in [0.717, 1.165) is 105 Å². The highest BCUT2D eigenvalue weighted by Crippen LogP contribution is 2.43. The van der Waals surface area contributed by atoms with Gasteiger partial charge in [-0.2, -0.15) is 0 Å². The average molecular weight is 914 g/mol. The number of aryl methyl sites for hydroxylation is 2. The van der Waals surface area contributed by atoms with Crippen LogP contribution in [0.15, 0.2) is 202 Å². The Balaban J connectivity index is 1.03. The van der Waals surface area contributed by atoms with Gasteiger partial charge in [0.15, 0.2) is 0 Å². The van der Waals surface area contributed by atoms with Crippen LogP contribution in [0.25, 0.3) is 28.0 Å². The van der Waals surface area contributed by atoms with Gasteiger partial charge in [0.2, 0.25) is 12.7 Å². The molecule has 3 aromatic heterocycles. The minimum atomic E-state index is 0.759. The molecule has 0 amide bonds. The van der Waals surface area contributed by atoms with Gasteiger partial charge in [-0.25, -0.2) is 18.3 Å². The van der Waals surface area contributed by atoms with Crippen molar-refractivity contribution in [3.63, 3.8) is 0 Å². The minimum absolute atomic E-state index is 0.759. The van der Waals surface area contributed by atoms with Crippen LogP contribution in [0.1, 0.15) is 11.1 Å². The van der Waals surface area contributed by atoms with E-state index in [1.807, 2.05) is 65.6 Å². The summed E-state index contributed by atoms with van der Waals surface area (Å²) >= 11 is 0. The van der Waals surface area contributed by atoms with Crippen LogP contribution < -0.4 is 37.9 Å². The summed E-state index contributed by atoms with van der Waals surface area (Å²) in [5, 5.41) is 2.28. The summed E-state index contributed by atoms with van der Waals surface area (Å²) in [4.78, 5) is 4.55. The fourth-order valence-electron chi connectivity index (χ4n) is 9.08. The lowest BCUT2D eigenvalue weighted by molar-refractivity contribution is -0.697. The molecule has 0 spiro atoms. The Labute approximate surface area is 402 Å². The summed E-state index contributed by atoms with van der Waals surface area (Å²) in [6.07, 6.45) is 14.4. The van der Waals surface area contributed by atoms with E-state index in [1.54, 1.807) is 34.6 Å². The van der Waals surface area contributed by atoms with Crippen molar-refractivity contribution in [2.75, 3.05) is 38.2 Å². The van der Waals surface area contributed by atoms with Gasteiger partial charge in [-0.15, -0.1) is 0 Å². The molecule has 0 saturated heterocycles. The van der Waals surface area contributed by atoms with Crippen LogP contribution in [0.4, 0.5) is 34.1 Å². The molecule has 3 heterocycles. The first-order valence-electron chi connectivity index (χ1n) is 22.9. The minimum Gasteiger partial charge on any atom is -0.497 e. The maximum Gasteiger partial charge on any atom is 0.248 e. The SMILES string of the molecule is C=C[n+]1ccn(Cc2ccc(Cn3cc[n+](CCn4c5ccc(N(c6ccc(OC)cc6)c6ccc(OC)cc6)cc5c5cc(N(c6ccc(OC)cc6)c6ccc(OC)cc6)ccc54)c3)cc2)c1. The highest BCUT2D eigenvalue weighted by molar-refractivity contribution is 6.11. The molecule has 0 N–H and O–H groups in total. The van der Waals surface area contributed by atoms with Gasteiger partial charge in [-0.1, -0.05) is 30.8 Å². The molecule has 0 unspecified atom stereocenters. The quantitative estimate of drug-likeness (QED) is 0.0799. The zero-order valence-corrected chi connectivity index (χ0v) is 39.4. The van der Waals surface area contributed by atoms with Crippen molar-refractivity contribution in [1.29, 1.82) is 0 Å². The lowest BCUT2D eigenvalue weighted by Crippen LogP contribution is -2.33. The van der Waals surface area contributed by atoms with Gasteiger partial charge in [0, 0.05) is 55.9 Å². The molecule has 10 aromatic rings. The van der Waals surface area contributed by atoms with Crippen LogP contribution in [0.2, 0.25) is 0 Å². The molecule has 69 heavy (non-hydrogen) atoms. The lowest BCUT2D eigenvalue weighted by Gasteiger charge is -2.26. The second-order valence-electron chi connectivity index (χ2n) is 16.9. The number of hydrogen-bond donors (Lipinski definition) is 0. The molecule has 11 nitrogen and oxygen atoms in total. The topological polar surface area (TPSA) is 66.0 Å². The number of fused-ring (bicyclic) bond motifs is 3. The van der Waals surface area contributed by atoms with Crippen LogP contribution in [-0.4, -0.2) is 42.1 Å². The first kappa shape index (κ1) is 44.2. The Morgan fingerprint density at radius 1 is 0.464 bits per heavy atom. The van der Waals surface area contributed by atoms with Gasteiger partial charge in [0.1, 0.15) is 67.4 Å². The largest absolute Gasteiger partial charge is 0.497 e. The molecule has 0 saturated carbocycles. The number of nitrogens with zero attached hydrogens (tertiary/aromatic N) is 7. The van der Waals surface area contributed by atoms with Crippen LogP contribution in [0.5, 0.6) is 23.0 Å². The molecule has 0 fully saturated rings. The summed E-state index contributed by atoms with van der Waals surface area (Å²) in [5.41, 5.74) is 10.9. The Kier molecular flexibility index (Phi) is 12.6. The first-order valence-corrected chi connectivity index (χ1v) is 22.9. The van der Waals surface area contributed by atoms with Crippen LogP contribution in [-0.2, 0) is 26.2 Å². The molecule has 0 radical (unpaired) electrons. The second-order valence-corrected chi connectivity index (χ2v) is 16.9. The number of benzene rings is 7. The fourth-order valence-corrected chi connectivity index (χ4v) is 9.08. The molecule has 7 aromatic carbocycles. The van der Waals surface area contributed by atoms with Gasteiger partial charge in [0.05, 0.1) is 41.2 Å². The summed E-state index contributed by atoms with van der Waals surface area (Å²) in [6.45, 7) is 6.98. The van der Waals surface area contributed by atoms with E-state index in [4.69, 9.17) is 18.9 Å². The maximum atomic E-state index is 5.56. The van der Waals surface area contributed by atoms with E-state index in [0.29, 0.717) is 0 Å². The van der Waals surface area contributed by atoms with Gasteiger partial charge >= 0.3 is 0 Å². The van der Waals surface area contributed by atoms with E-state index in [9.17, 15) is 0 Å². The summed E-state index contributed by atoms with van der Waals surface area (Å²) in [6, 6.07) is 55.3. The molecular weight excluding hydrogens is 859 g/mol. The van der Waals surface area contributed by atoms with E-state index >= 15 is 0 Å². The number of rotatable bonds is 18. The normalized spacial score (nSPS) is 11.2. The van der Waals surface area contributed by atoms with Crippen molar-refractivity contribution < 1.29 is 28.1 Å². The van der Waals surface area contributed by atoms with Crippen molar-refractivity contribution >= 4 is 62.1 Å².